The van der Waals surface area contributed by atoms with Crippen LogP contribution in [-0.4, -0.2) is 34.9 Å². The summed E-state index contributed by atoms with van der Waals surface area (Å²) in [6, 6.07) is -0.647. The van der Waals surface area contributed by atoms with Crippen molar-refractivity contribution in [2.45, 2.75) is 206 Å². The number of aliphatic hydroxyl groups is 2. The second kappa shape index (κ2) is 39.5. The molecule has 0 heterocycles. The molecule has 0 fully saturated rings. The highest BCUT2D eigenvalue weighted by Crippen LogP contribution is 2.13. The van der Waals surface area contributed by atoms with Crippen molar-refractivity contribution in [2.75, 3.05) is 6.61 Å². The predicted octanol–water partition coefficient (Wildman–Crippen LogP) is 12.6. The van der Waals surface area contributed by atoms with Crippen LogP contribution < -0.4 is 5.32 Å². The predicted molar refractivity (Wildman–Crippen MR) is 211 cm³/mol. The van der Waals surface area contributed by atoms with Crippen molar-refractivity contribution in [3.8, 4) is 0 Å². The van der Waals surface area contributed by atoms with Gasteiger partial charge >= 0.3 is 0 Å². The fraction of sp³-hybridized carbons (Fsp3) is 0.750. The molecule has 0 aromatic heterocycles. The van der Waals surface area contributed by atoms with Crippen LogP contribution in [0.2, 0.25) is 0 Å². The van der Waals surface area contributed by atoms with E-state index in [1.165, 1.54) is 122 Å². The molecule has 0 radical (unpaired) electrons. The Morgan fingerprint density at radius 2 is 0.917 bits per heavy atom. The van der Waals surface area contributed by atoms with Crippen LogP contribution in [0.5, 0.6) is 0 Å². The fourth-order valence-corrected chi connectivity index (χ4v) is 5.78. The van der Waals surface area contributed by atoms with Crippen LogP contribution >= 0.6 is 0 Å². The van der Waals surface area contributed by atoms with Gasteiger partial charge in [0.05, 0.1) is 18.8 Å². The van der Waals surface area contributed by atoms with E-state index in [0.717, 1.165) is 51.4 Å². The molecule has 0 saturated carbocycles. The number of aliphatic hydroxyl groups excluding tert-OH is 2. The fourth-order valence-electron chi connectivity index (χ4n) is 5.78. The number of allylic oxidation sites excluding steroid dienone is 9. The number of hydrogen-bond donors (Lipinski definition) is 3. The topological polar surface area (TPSA) is 69.6 Å². The highest BCUT2D eigenvalue weighted by Gasteiger charge is 2.17. The van der Waals surface area contributed by atoms with E-state index >= 15 is 0 Å². The SMILES string of the molecule is CCC/C=C/CC/C=C/CC/C=C/C(O)C(CO)NC(=O)CCCCCCCCCCC/C=C\C/C=C\CCCCCCCCCCC. The van der Waals surface area contributed by atoms with E-state index in [4.69, 9.17) is 0 Å². The number of carbonyl (C=O) groups excluding carboxylic acids is 1. The number of carbonyl (C=O) groups is 1. The molecular formula is C44H79NO3. The van der Waals surface area contributed by atoms with Crippen LogP contribution in [-0.2, 0) is 4.79 Å². The molecule has 0 spiro atoms. The summed E-state index contributed by atoms with van der Waals surface area (Å²) in [7, 11) is 0. The van der Waals surface area contributed by atoms with E-state index in [9.17, 15) is 15.0 Å². The maximum Gasteiger partial charge on any atom is 0.220 e. The average Bonchev–Trinajstić information content (AvgIpc) is 3.09. The van der Waals surface area contributed by atoms with Crippen molar-refractivity contribution in [3.63, 3.8) is 0 Å². The molecule has 4 nitrogen and oxygen atoms in total. The number of nitrogens with one attached hydrogen (secondary N) is 1. The normalized spacial score (nSPS) is 13.7. The summed E-state index contributed by atoms with van der Waals surface area (Å²) in [5, 5.41) is 22.8. The van der Waals surface area contributed by atoms with Gasteiger partial charge in [-0.05, 0) is 70.6 Å². The summed E-state index contributed by atoms with van der Waals surface area (Å²) < 4.78 is 0. The molecule has 0 aliphatic heterocycles. The van der Waals surface area contributed by atoms with E-state index in [1.807, 2.05) is 6.08 Å². The third kappa shape index (κ3) is 35.4. The molecule has 0 aliphatic carbocycles. The Morgan fingerprint density at radius 1 is 0.500 bits per heavy atom. The molecule has 2 unspecified atom stereocenters. The Balaban J connectivity index is 3.59. The van der Waals surface area contributed by atoms with Crippen molar-refractivity contribution < 1.29 is 15.0 Å². The second-order valence-corrected chi connectivity index (χ2v) is 13.7. The minimum atomic E-state index is -0.871. The van der Waals surface area contributed by atoms with Crippen molar-refractivity contribution in [2.24, 2.45) is 0 Å². The Morgan fingerprint density at radius 3 is 1.40 bits per heavy atom. The Bertz CT molecular complexity index is 812. The zero-order valence-electron chi connectivity index (χ0n) is 31.7. The second-order valence-electron chi connectivity index (χ2n) is 13.7. The molecule has 0 rings (SSSR count). The minimum Gasteiger partial charge on any atom is -0.394 e. The standard InChI is InChI=1S/C44H79NO3/c1-3-5-7-9-11-13-15-16-17-18-19-20-21-22-23-24-25-26-27-28-30-32-34-36-38-40-44(48)45-42(41-46)43(47)39-37-35-33-31-29-14-12-10-8-6-4-2/h8,10,19-20,22-23,29,31,37,39,42-43,46-47H,3-7,9,11-18,21,24-28,30,32-36,38,40-41H2,1-2H3,(H,45,48)/b10-8+,20-19-,23-22-,31-29+,39-37+. The van der Waals surface area contributed by atoms with Crippen LogP contribution in [0.3, 0.4) is 0 Å². The van der Waals surface area contributed by atoms with Gasteiger partial charge in [-0.2, -0.15) is 0 Å². The van der Waals surface area contributed by atoms with Crippen molar-refractivity contribution in [1.29, 1.82) is 0 Å². The summed E-state index contributed by atoms with van der Waals surface area (Å²) in [5.74, 6) is -0.0865. The first kappa shape index (κ1) is 46.1. The van der Waals surface area contributed by atoms with Gasteiger partial charge in [-0.25, -0.2) is 0 Å². The maximum absolute atomic E-state index is 12.3. The summed E-state index contributed by atoms with van der Waals surface area (Å²) in [5.41, 5.74) is 0. The van der Waals surface area contributed by atoms with Gasteiger partial charge in [0.2, 0.25) is 5.91 Å². The number of unbranched alkanes of at least 4 members (excludes halogenated alkanes) is 21. The highest BCUT2D eigenvalue weighted by molar-refractivity contribution is 5.76. The van der Waals surface area contributed by atoms with Gasteiger partial charge in [-0.15, -0.1) is 0 Å². The molecule has 1 amide bonds. The molecule has 278 valence electrons. The number of amides is 1. The third-order valence-electron chi connectivity index (χ3n) is 8.93. The summed E-state index contributed by atoms with van der Waals surface area (Å²) >= 11 is 0. The first-order valence-corrected chi connectivity index (χ1v) is 20.5. The Labute approximate surface area is 298 Å². The average molecular weight is 670 g/mol. The van der Waals surface area contributed by atoms with Gasteiger partial charge in [0.25, 0.3) is 0 Å². The van der Waals surface area contributed by atoms with Gasteiger partial charge in [0.1, 0.15) is 0 Å². The lowest BCUT2D eigenvalue weighted by molar-refractivity contribution is -0.123. The van der Waals surface area contributed by atoms with Gasteiger partial charge in [-0.1, -0.05) is 177 Å². The van der Waals surface area contributed by atoms with Crippen LogP contribution in [0.1, 0.15) is 194 Å². The lowest BCUT2D eigenvalue weighted by Crippen LogP contribution is -2.45. The largest absolute Gasteiger partial charge is 0.394 e. The van der Waals surface area contributed by atoms with Crippen molar-refractivity contribution in [3.05, 3.63) is 60.8 Å². The summed E-state index contributed by atoms with van der Waals surface area (Å²) in [6.45, 7) is 4.20. The first-order valence-electron chi connectivity index (χ1n) is 20.5. The van der Waals surface area contributed by atoms with Crippen molar-refractivity contribution in [1.82, 2.24) is 5.32 Å². The molecule has 3 N–H and O–H groups in total. The molecule has 0 bridgehead atoms. The molecule has 0 aliphatic rings. The van der Waals surface area contributed by atoms with Crippen LogP contribution in [0.25, 0.3) is 0 Å². The van der Waals surface area contributed by atoms with Crippen LogP contribution in [0, 0.1) is 0 Å². The van der Waals surface area contributed by atoms with Crippen LogP contribution in [0.4, 0.5) is 0 Å². The molecule has 2 atom stereocenters. The molecule has 0 saturated heterocycles. The molecule has 4 heteroatoms. The van der Waals surface area contributed by atoms with Gasteiger partial charge in [-0.3, -0.25) is 4.79 Å². The number of hydrogen-bond acceptors (Lipinski definition) is 3. The zero-order chi connectivity index (χ0) is 35.0. The number of rotatable bonds is 36. The Hall–Kier alpha value is -1.91. The van der Waals surface area contributed by atoms with E-state index in [2.05, 4.69) is 67.8 Å². The van der Waals surface area contributed by atoms with Crippen LogP contribution in [0.15, 0.2) is 60.8 Å². The molecular weight excluding hydrogens is 590 g/mol. The molecule has 0 aromatic rings. The maximum atomic E-state index is 12.3. The van der Waals surface area contributed by atoms with Gasteiger partial charge in [0, 0.05) is 6.42 Å². The minimum absolute atomic E-state index is 0.0865. The first-order chi connectivity index (χ1) is 23.7. The highest BCUT2D eigenvalue weighted by atomic mass is 16.3. The monoisotopic (exact) mass is 670 g/mol. The zero-order valence-corrected chi connectivity index (χ0v) is 31.7. The van der Waals surface area contributed by atoms with E-state index in [0.29, 0.717) is 6.42 Å². The molecule has 0 aromatic carbocycles. The lowest BCUT2D eigenvalue weighted by atomic mass is 10.1. The van der Waals surface area contributed by atoms with E-state index in [-0.39, 0.29) is 12.5 Å². The van der Waals surface area contributed by atoms with E-state index in [1.54, 1.807) is 6.08 Å². The third-order valence-corrected chi connectivity index (χ3v) is 8.93. The smallest absolute Gasteiger partial charge is 0.220 e. The summed E-state index contributed by atoms with van der Waals surface area (Å²) in [6.07, 6.45) is 54.7. The molecule has 48 heavy (non-hydrogen) atoms. The quantitative estimate of drug-likeness (QED) is 0.0459. The summed E-state index contributed by atoms with van der Waals surface area (Å²) in [4.78, 5) is 12.3. The Kier molecular flexibility index (Phi) is 38.0. The van der Waals surface area contributed by atoms with Crippen molar-refractivity contribution >= 4 is 5.91 Å². The van der Waals surface area contributed by atoms with Gasteiger partial charge < -0.3 is 15.5 Å². The van der Waals surface area contributed by atoms with Gasteiger partial charge in [0.15, 0.2) is 0 Å². The van der Waals surface area contributed by atoms with E-state index < -0.39 is 12.1 Å². The lowest BCUT2D eigenvalue weighted by Gasteiger charge is -2.19.